The highest BCUT2D eigenvalue weighted by atomic mass is 19.1. The summed E-state index contributed by atoms with van der Waals surface area (Å²) in [6.45, 7) is 2.57. The van der Waals surface area contributed by atoms with Gasteiger partial charge in [-0.05, 0) is 50.0 Å². The summed E-state index contributed by atoms with van der Waals surface area (Å²) < 4.78 is 31.5. The van der Waals surface area contributed by atoms with Crippen LogP contribution in [0, 0.1) is 21.8 Å². The summed E-state index contributed by atoms with van der Waals surface area (Å²) >= 11 is 0. The molecule has 1 aromatic heterocycles. The Morgan fingerprint density at radius 1 is 1.13 bits per heavy atom. The van der Waals surface area contributed by atoms with Gasteiger partial charge in [0.1, 0.15) is 5.75 Å². The molecule has 0 bridgehead atoms. The molecule has 9 heteroatoms. The molecule has 2 aromatic carbocycles. The van der Waals surface area contributed by atoms with Crippen LogP contribution in [0.3, 0.4) is 0 Å². The number of piperidine rings is 1. The van der Waals surface area contributed by atoms with Crippen molar-refractivity contribution in [3.63, 3.8) is 0 Å². The van der Waals surface area contributed by atoms with E-state index in [0.717, 1.165) is 32.0 Å². The van der Waals surface area contributed by atoms with Crippen LogP contribution < -0.4 is 19.5 Å². The molecule has 0 spiro atoms. The highest BCUT2D eigenvalue weighted by Crippen LogP contribution is 2.38. The van der Waals surface area contributed by atoms with E-state index >= 15 is 0 Å². The minimum Gasteiger partial charge on any atom is -0.493 e. The van der Waals surface area contributed by atoms with Crippen LogP contribution in [0.1, 0.15) is 12.8 Å². The van der Waals surface area contributed by atoms with Crippen LogP contribution in [0.5, 0.6) is 23.0 Å². The van der Waals surface area contributed by atoms with E-state index in [2.05, 4.69) is 10.3 Å². The molecule has 0 unspecified atom stereocenters. The highest BCUT2D eigenvalue weighted by molar-refractivity contribution is 5.88. The number of ether oxygens (including phenoxy) is 3. The van der Waals surface area contributed by atoms with E-state index < -0.39 is 10.7 Å². The Hall–Kier alpha value is -3.46. The first-order valence-corrected chi connectivity index (χ1v) is 9.97. The molecule has 1 N–H and O–H groups in total. The Morgan fingerprint density at radius 3 is 2.65 bits per heavy atom. The fourth-order valence-electron chi connectivity index (χ4n) is 3.55. The zero-order valence-corrected chi connectivity index (χ0v) is 17.0. The van der Waals surface area contributed by atoms with Crippen molar-refractivity contribution < 1.29 is 23.5 Å². The molecule has 0 saturated carbocycles. The van der Waals surface area contributed by atoms with Crippen LogP contribution in [0.4, 0.5) is 10.1 Å². The summed E-state index contributed by atoms with van der Waals surface area (Å²) in [5, 5.41) is 14.8. The number of methoxy groups -OCH3 is 1. The van der Waals surface area contributed by atoms with Gasteiger partial charge >= 0.3 is 0 Å². The first-order chi connectivity index (χ1) is 15.0. The molecule has 0 radical (unpaired) electrons. The average molecular weight is 427 g/mol. The van der Waals surface area contributed by atoms with E-state index in [1.54, 1.807) is 31.5 Å². The predicted octanol–water partition coefficient (Wildman–Crippen LogP) is 4.46. The number of aromatic nitrogens is 1. The second-order valence-electron chi connectivity index (χ2n) is 7.31. The van der Waals surface area contributed by atoms with Gasteiger partial charge in [-0.25, -0.2) is 4.39 Å². The summed E-state index contributed by atoms with van der Waals surface area (Å²) in [7, 11) is 1.55. The third kappa shape index (κ3) is 4.66. The molecule has 31 heavy (non-hydrogen) atoms. The molecule has 1 aliphatic heterocycles. The van der Waals surface area contributed by atoms with Crippen LogP contribution in [-0.2, 0) is 0 Å². The molecule has 1 fully saturated rings. The Morgan fingerprint density at radius 2 is 1.94 bits per heavy atom. The second kappa shape index (κ2) is 9.13. The van der Waals surface area contributed by atoms with Gasteiger partial charge in [-0.3, -0.25) is 15.1 Å². The number of fused-ring (bicyclic) bond motifs is 1. The number of hydrogen-bond donors (Lipinski definition) is 1. The van der Waals surface area contributed by atoms with Gasteiger partial charge in [-0.15, -0.1) is 0 Å². The maximum atomic E-state index is 14.3. The Kier molecular flexibility index (Phi) is 6.13. The zero-order valence-electron chi connectivity index (χ0n) is 17.0. The monoisotopic (exact) mass is 427 g/mol. The maximum absolute atomic E-state index is 14.3. The molecule has 8 nitrogen and oxygen atoms in total. The van der Waals surface area contributed by atoms with Gasteiger partial charge < -0.3 is 19.5 Å². The van der Waals surface area contributed by atoms with Gasteiger partial charge in [0, 0.05) is 23.7 Å². The van der Waals surface area contributed by atoms with E-state index in [0.29, 0.717) is 40.7 Å². The fourth-order valence-corrected chi connectivity index (χ4v) is 3.55. The molecule has 0 atom stereocenters. The molecule has 0 aliphatic carbocycles. The molecular weight excluding hydrogens is 405 g/mol. The SMILES string of the molecule is COc1cc2c(Oc3ccc([N+](=O)[O-])cc3F)ccnc2cc1OCC1CCNCC1. The largest absolute Gasteiger partial charge is 0.493 e. The fraction of sp³-hybridized carbons (Fsp3) is 0.318. The normalized spacial score (nSPS) is 14.4. The molecule has 0 amide bonds. The third-order valence-electron chi connectivity index (χ3n) is 5.27. The molecule has 4 rings (SSSR count). The van der Waals surface area contributed by atoms with Crippen LogP contribution in [0.2, 0.25) is 0 Å². The topological polar surface area (TPSA) is 95.8 Å². The minimum absolute atomic E-state index is 0.122. The quantitative estimate of drug-likeness (QED) is 0.439. The van der Waals surface area contributed by atoms with Crippen molar-refractivity contribution in [3.8, 4) is 23.0 Å². The first-order valence-electron chi connectivity index (χ1n) is 9.97. The van der Waals surface area contributed by atoms with Crippen LogP contribution in [0.15, 0.2) is 42.6 Å². The number of halogens is 1. The number of benzene rings is 2. The number of nitrogens with one attached hydrogen (secondary N) is 1. The molecule has 162 valence electrons. The number of nitrogens with zero attached hydrogens (tertiary/aromatic N) is 2. The molecule has 1 saturated heterocycles. The van der Waals surface area contributed by atoms with E-state index in [1.807, 2.05) is 0 Å². The predicted molar refractivity (Wildman–Crippen MR) is 113 cm³/mol. The number of nitro benzene ring substituents is 1. The van der Waals surface area contributed by atoms with E-state index in [9.17, 15) is 14.5 Å². The summed E-state index contributed by atoms with van der Waals surface area (Å²) in [5.74, 6) is 0.981. The summed E-state index contributed by atoms with van der Waals surface area (Å²) in [4.78, 5) is 14.5. The van der Waals surface area contributed by atoms with Crippen molar-refractivity contribution in [1.29, 1.82) is 0 Å². The number of rotatable bonds is 7. The summed E-state index contributed by atoms with van der Waals surface area (Å²) in [6, 6.07) is 8.35. The third-order valence-corrected chi connectivity index (χ3v) is 5.27. The lowest BCUT2D eigenvalue weighted by Crippen LogP contribution is -2.30. The summed E-state index contributed by atoms with van der Waals surface area (Å²) in [6.07, 6.45) is 3.67. The van der Waals surface area contributed by atoms with Gasteiger partial charge in [0.05, 0.1) is 30.2 Å². The number of pyridine rings is 1. The van der Waals surface area contributed by atoms with Crippen molar-refractivity contribution in [1.82, 2.24) is 10.3 Å². The standard InChI is InChI=1S/C22H22FN3O5/c1-29-21-11-16-18(12-22(21)30-13-14-4-7-24-8-5-14)25-9-6-19(16)31-20-3-2-15(26(27)28)10-17(20)23/h2-3,6,9-12,14,24H,4-5,7-8,13H2,1H3. The lowest BCUT2D eigenvalue weighted by molar-refractivity contribution is -0.385. The minimum atomic E-state index is -0.826. The summed E-state index contributed by atoms with van der Waals surface area (Å²) in [5.41, 5.74) is 0.252. The van der Waals surface area contributed by atoms with Crippen LogP contribution >= 0.6 is 0 Å². The van der Waals surface area contributed by atoms with Crippen molar-refractivity contribution in [2.45, 2.75) is 12.8 Å². The number of nitro groups is 1. The van der Waals surface area contributed by atoms with Crippen molar-refractivity contribution in [3.05, 3.63) is 58.5 Å². The van der Waals surface area contributed by atoms with Gasteiger partial charge in [0.25, 0.3) is 5.69 Å². The maximum Gasteiger partial charge on any atom is 0.272 e. The van der Waals surface area contributed by atoms with E-state index in [-0.39, 0.29) is 11.4 Å². The van der Waals surface area contributed by atoms with Crippen LogP contribution in [-0.4, -0.2) is 36.7 Å². The average Bonchev–Trinajstić information content (AvgIpc) is 2.79. The van der Waals surface area contributed by atoms with Gasteiger partial charge in [-0.2, -0.15) is 0 Å². The van der Waals surface area contributed by atoms with Gasteiger partial charge in [0.2, 0.25) is 0 Å². The van der Waals surface area contributed by atoms with Crippen molar-refractivity contribution in [2.24, 2.45) is 5.92 Å². The molecule has 3 aromatic rings. The second-order valence-corrected chi connectivity index (χ2v) is 7.31. The van der Waals surface area contributed by atoms with Crippen molar-refractivity contribution in [2.75, 3.05) is 26.8 Å². The molecule has 1 aliphatic rings. The van der Waals surface area contributed by atoms with Gasteiger partial charge in [0.15, 0.2) is 23.1 Å². The smallest absolute Gasteiger partial charge is 0.272 e. The highest BCUT2D eigenvalue weighted by Gasteiger charge is 2.18. The van der Waals surface area contributed by atoms with Gasteiger partial charge in [-0.1, -0.05) is 0 Å². The number of hydrogen-bond acceptors (Lipinski definition) is 7. The Labute approximate surface area is 178 Å². The zero-order chi connectivity index (χ0) is 21.8. The Bertz CT molecular complexity index is 1100. The lowest BCUT2D eigenvalue weighted by Gasteiger charge is -2.23. The van der Waals surface area contributed by atoms with E-state index in [4.69, 9.17) is 14.2 Å². The Balaban J connectivity index is 1.61. The van der Waals surface area contributed by atoms with Crippen LogP contribution in [0.25, 0.3) is 10.9 Å². The first kappa shape index (κ1) is 20.8. The molecule has 2 heterocycles. The van der Waals surface area contributed by atoms with Crippen molar-refractivity contribution >= 4 is 16.6 Å². The molecular formula is C22H22FN3O5. The van der Waals surface area contributed by atoms with E-state index in [1.165, 1.54) is 12.1 Å². The number of non-ortho nitro benzene ring substituents is 1. The lowest BCUT2D eigenvalue weighted by atomic mass is 9.99.